The van der Waals surface area contributed by atoms with E-state index in [1.165, 1.54) is 11.1 Å². The molecule has 1 fully saturated rings. The first-order valence-corrected chi connectivity index (χ1v) is 11.2. The molecule has 2 aliphatic heterocycles. The molecule has 0 N–H and O–H groups in total. The van der Waals surface area contributed by atoms with Crippen molar-refractivity contribution in [3.63, 3.8) is 0 Å². The molecule has 31 heavy (non-hydrogen) atoms. The number of hydrogen-bond donors (Lipinski definition) is 0. The van der Waals surface area contributed by atoms with E-state index in [9.17, 15) is 4.79 Å². The molecule has 6 nitrogen and oxygen atoms in total. The summed E-state index contributed by atoms with van der Waals surface area (Å²) in [5.74, 6) is 1.33. The van der Waals surface area contributed by atoms with Gasteiger partial charge in [-0.05, 0) is 49.1 Å². The molecule has 0 radical (unpaired) electrons. The second-order valence-corrected chi connectivity index (χ2v) is 8.75. The fourth-order valence-electron chi connectivity index (χ4n) is 4.61. The van der Waals surface area contributed by atoms with E-state index in [4.69, 9.17) is 16.1 Å². The highest BCUT2D eigenvalue weighted by Crippen LogP contribution is 2.27. The molecule has 0 aliphatic carbocycles. The third kappa shape index (κ3) is 4.36. The van der Waals surface area contributed by atoms with Crippen molar-refractivity contribution < 1.29 is 9.32 Å². The second-order valence-electron chi connectivity index (χ2n) is 8.34. The molecule has 2 aliphatic rings. The van der Waals surface area contributed by atoms with Gasteiger partial charge in [0.2, 0.25) is 17.6 Å². The van der Waals surface area contributed by atoms with Gasteiger partial charge in [0.05, 0.1) is 17.5 Å². The normalized spacial score (nSPS) is 19.3. The van der Waals surface area contributed by atoms with Gasteiger partial charge >= 0.3 is 0 Å². The van der Waals surface area contributed by atoms with Gasteiger partial charge in [0.25, 0.3) is 0 Å². The van der Waals surface area contributed by atoms with Crippen molar-refractivity contribution in [1.82, 2.24) is 19.9 Å². The SMILES string of the molecule is O=C(C1CCCN(Cc2nc(-c3ccccc3Cl)no2)C1)N1CCc2ccccc2C1. The van der Waals surface area contributed by atoms with Gasteiger partial charge in [0.15, 0.2) is 0 Å². The fraction of sp³-hybridized carbons (Fsp3) is 0.375. The number of likely N-dealkylation sites (tertiary alicyclic amines) is 1. The first kappa shape index (κ1) is 20.2. The number of carbonyl (C=O) groups is 1. The van der Waals surface area contributed by atoms with Gasteiger partial charge in [0, 0.05) is 25.2 Å². The van der Waals surface area contributed by atoms with Crippen LogP contribution in [0.1, 0.15) is 29.9 Å². The Bertz CT molecular complexity index is 1080. The van der Waals surface area contributed by atoms with Crippen molar-refractivity contribution >= 4 is 17.5 Å². The zero-order valence-electron chi connectivity index (χ0n) is 17.3. The Kier molecular flexibility index (Phi) is 5.74. The van der Waals surface area contributed by atoms with Crippen LogP contribution in [0.5, 0.6) is 0 Å². The summed E-state index contributed by atoms with van der Waals surface area (Å²) in [6.45, 7) is 3.72. The van der Waals surface area contributed by atoms with Crippen LogP contribution in [0, 0.1) is 5.92 Å². The van der Waals surface area contributed by atoms with Crippen LogP contribution in [0.4, 0.5) is 0 Å². The number of halogens is 1. The number of piperidine rings is 1. The van der Waals surface area contributed by atoms with Crippen molar-refractivity contribution in [3.8, 4) is 11.4 Å². The molecular formula is C24H25ClN4O2. The number of amides is 1. The Balaban J connectivity index is 1.22. The Labute approximate surface area is 186 Å². The summed E-state index contributed by atoms with van der Waals surface area (Å²) in [6, 6.07) is 15.9. The number of nitrogens with zero attached hydrogens (tertiary/aromatic N) is 4. The molecule has 1 unspecified atom stereocenters. The van der Waals surface area contributed by atoms with Crippen molar-refractivity contribution in [3.05, 3.63) is 70.6 Å². The van der Waals surface area contributed by atoms with Crippen LogP contribution in [-0.4, -0.2) is 45.5 Å². The predicted molar refractivity (Wildman–Crippen MR) is 118 cm³/mol. The van der Waals surface area contributed by atoms with E-state index in [1.807, 2.05) is 29.2 Å². The van der Waals surface area contributed by atoms with E-state index in [0.29, 0.717) is 23.3 Å². The van der Waals surface area contributed by atoms with Gasteiger partial charge in [-0.25, -0.2) is 0 Å². The predicted octanol–water partition coefficient (Wildman–Crippen LogP) is 4.19. The molecule has 1 saturated heterocycles. The summed E-state index contributed by atoms with van der Waals surface area (Å²) in [5, 5.41) is 4.69. The highest BCUT2D eigenvalue weighted by molar-refractivity contribution is 6.33. The van der Waals surface area contributed by atoms with Crippen LogP contribution in [0.15, 0.2) is 53.1 Å². The Morgan fingerprint density at radius 2 is 1.90 bits per heavy atom. The molecule has 0 spiro atoms. The van der Waals surface area contributed by atoms with Crippen molar-refractivity contribution in [2.45, 2.75) is 32.4 Å². The Morgan fingerprint density at radius 3 is 2.77 bits per heavy atom. The lowest BCUT2D eigenvalue weighted by molar-refractivity contribution is -0.138. The lowest BCUT2D eigenvalue weighted by Gasteiger charge is -2.36. The average molecular weight is 437 g/mol. The lowest BCUT2D eigenvalue weighted by Crippen LogP contribution is -2.46. The molecule has 5 rings (SSSR count). The lowest BCUT2D eigenvalue weighted by atomic mass is 9.94. The summed E-state index contributed by atoms with van der Waals surface area (Å²) in [7, 11) is 0. The summed E-state index contributed by atoms with van der Waals surface area (Å²) in [6.07, 6.45) is 2.86. The summed E-state index contributed by atoms with van der Waals surface area (Å²) in [4.78, 5) is 22.0. The van der Waals surface area contributed by atoms with Gasteiger partial charge < -0.3 is 9.42 Å². The monoisotopic (exact) mass is 436 g/mol. The largest absolute Gasteiger partial charge is 0.338 e. The van der Waals surface area contributed by atoms with Crippen LogP contribution in [0.2, 0.25) is 5.02 Å². The summed E-state index contributed by atoms with van der Waals surface area (Å²) in [5.41, 5.74) is 3.39. The fourth-order valence-corrected chi connectivity index (χ4v) is 4.83. The van der Waals surface area contributed by atoms with Gasteiger partial charge in [-0.3, -0.25) is 9.69 Å². The zero-order chi connectivity index (χ0) is 21.2. The number of fused-ring (bicyclic) bond motifs is 1. The number of carbonyl (C=O) groups excluding carboxylic acids is 1. The maximum Gasteiger partial charge on any atom is 0.241 e. The smallest absolute Gasteiger partial charge is 0.241 e. The molecule has 3 heterocycles. The maximum atomic E-state index is 13.2. The molecule has 3 aromatic rings. The standard InChI is InChI=1S/C24H25ClN4O2/c25-21-10-4-3-9-20(21)23-26-22(31-27-23)16-28-12-5-8-19(14-28)24(30)29-13-11-17-6-1-2-7-18(17)15-29/h1-4,6-7,9-10,19H,5,8,11-16H2. The van der Waals surface area contributed by atoms with Gasteiger partial charge in [-0.1, -0.05) is 53.2 Å². The molecule has 2 aromatic carbocycles. The highest BCUT2D eigenvalue weighted by Gasteiger charge is 2.31. The maximum absolute atomic E-state index is 13.2. The second kappa shape index (κ2) is 8.81. The third-order valence-electron chi connectivity index (χ3n) is 6.24. The molecule has 7 heteroatoms. The number of hydrogen-bond acceptors (Lipinski definition) is 5. The molecule has 1 atom stereocenters. The molecule has 160 valence electrons. The average Bonchev–Trinajstić information content (AvgIpc) is 3.27. The van der Waals surface area contributed by atoms with E-state index in [-0.39, 0.29) is 11.8 Å². The van der Waals surface area contributed by atoms with Gasteiger partial charge in [0.1, 0.15) is 0 Å². The molecule has 1 aromatic heterocycles. The Morgan fingerprint density at radius 1 is 1.10 bits per heavy atom. The highest BCUT2D eigenvalue weighted by atomic mass is 35.5. The number of benzene rings is 2. The van der Waals surface area contributed by atoms with Crippen molar-refractivity contribution in [2.24, 2.45) is 5.92 Å². The van der Waals surface area contributed by atoms with Crippen molar-refractivity contribution in [1.29, 1.82) is 0 Å². The third-order valence-corrected chi connectivity index (χ3v) is 6.57. The van der Waals surface area contributed by atoms with Crippen LogP contribution >= 0.6 is 11.6 Å². The van der Waals surface area contributed by atoms with Gasteiger partial charge in [-0.2, -0.15) is 4.98 Å². The minimum absolute atomic E-state index is 0.0185. The summed E-state index contributed by atoms with van der Waals surface area (Å²) < 4.78 is 5.47. The van der Waals surface area contributed by atoms with Crippen molar-refractivity contribution in [2.75, 3.05) is 19.6 Å². The first-order valence-electron chi connectivity index (χ1n) is 10.8. The zero-order valence-corrected chi connectivity index (χ0v) is 18.1. The van der Waals surface area contributed by atoms with E-state index in [0.717, 1.165) is 51.0 Å². The van der Waals surface area contributed by atoms with Crippen LogP contribution in [0.3, 0.4) is 0 Å². The van der Waals surface area contributed by atoms with Crippen LogP contribution in [0.25, 0.3) is 11.4 Å². The van der Waals surface area contributed by atoms with Gasteiger partial charge in [-0.15, -0.1) is 0 Å². The minimum atomic E-state index is 0.0185. The molecular weight excluding hydrogens is 412 g/mol. The topological polar surface area (TPSA) is 62.5 Å². The van der Waals surface area contributed by atoms with E-state index in [2.05, 4.69) is 39.3 Å². The quantitative estimate of drug-likeness (QED) is 0.613. The molecule has 1 amide bonds. The number of aromatic nitrogens is 2. The van der Waals surface area contributed by atoms with E-state index >= 15 is 0 Å². The number of rotatable bonds is 4. The minimum Gasteiger partial charge on any atom is -0.338 e. The molecule has 0 saturated carbocycles. The molecule has 0 bridgehead atoms. The van der Waals surface area contributed by atoms with E-state index < -0.39 is 0 Å². The Hall–Kier alpha value is -2.70. The van der Waals surface area contributed by atoms with Crippen LogP contribution in [-0.2, 0) is 24.3 Å². The summed E-state index contributed by atoms with van der Waals surface area (Å²) >= 11 is 6.25. The first-order chi connectivity index (χ1) is 15.2. The van der Waals surface area contributed by atoms with E-state index in [1.54, 1.807) is 0 Å². The van der Waals surface area contributed by atoms with Crippen LogP contribution < -0.4 is 0 Å².